The lowest BCUT2D eigenvalue weighted by atomic mass is 9.89. The number of nitrogens with zero attached hydrogens (tertiary/aromatic N) is 1. The number of aromatic nitrogens is 1. The standard InChI is InChI=1S/C18H18FN3O3/c1-2-25-18-11(4-3-7-20-18)10-21-17(24)14-9-16(23)22-15-8-12(19)5-6-13(14)15/h3-8,14H,2,9-10H2,1H3,(H,21,24)(H,22,23)/t14-/m1/s1. The lowest BCUT2D eigenvalue weighted by molar-refractivity contribution is -0.126. The van der Waals surface area contributed by atoms with Gasteiger partial charge in [-0.1, -0.05) is 12.1 Å². The Morgan fingerprint density at radius 3 is 3.08 bits per heavy atom. The van der Waals surface area contributed by atoms with E-state index in [0.29, 0.717) is 23.7 Å². The van der Waals surface area contributed by atoms with Gasteiger partial charge in [0.25, 0.3) is 0 Å². The fraction of sp³-hybridized carbons (Fsp3) is 0.278. The van der Waals surface area contributed by atoms with Gasteiger partial charge in [0.2, 0.25) is 17.7 Å². The summed E-state index contributed by atoms with van der Waals surface area (Å²) in [6.45, 7) is 2.56. The van der Waals surface area contributed by atoms with E-state index in [9.17, 15) is 14.0 Å². The van der Waals surface area contributed by atoms with E-state index >= 15 is 0 Å². The van der Waals surface area contributed by atoms with E-state index in [1.807, 2.05) is 13.0 Å². The maximum atomic E-state index is 13.4. The highest BCUT2D eigenvalue weighted by Crippen LogP contribution is 2.33. The molecule has 2 N–H and O–H groups in total. The molecule has 0 unspecified atom stereocenters. The van der Waals surface area contributed by atoms with Crippen LogP contribution in [0, 0.1) is 5.82 Å². The zero-order valence-corrected chi connectivity index (χ0v) is 13.7. The molecule has 1 aliphatic heterocycles. The van der Waals surface area contributed by atoms with Gasteiger partial charge in [0.05, 0.1) is 12.5 Å². The van der Waals surface area contributed by atoms with Crippen LogP contribution in [-0.4, -0.2) is 23.4 Å². The van der Waals surface area contributed by atoms with Crippen molar-refractivity contribution < 1.29 is 18.7 Å². The van der Waals surface area contributed by atoms with Crippen molar-refractivity contribution >= 4 is 17.5 Å². The van der Waals surface area contributed by atoms with Crippen LogP contribution in [0.4, 0.5) is 10.1 Å². The first-order chi connectivity index (χ1) is 12.1. The van der Waals surface area contributed by atoms with Gasteiger partial charge in [-0.05, 0) is 30.7 Å². The molecule has 130 valence electrons. The highest BCUT2D eigenvalue weighted by molar-refractivity contribution is 6.01. The molecule has 0 saturated carbocycles. The number of carbonyl (C=O) groups is 2. The number of amides is 2. The third kappa shape index (κ3) is 3.76. The lowest BCUT2D eigenvalue weighted by Crippen LogP contribution is -2.34. The zero-order chi connectivity index (χ0) is 17.8. The van der Waals surface area contributed by atoms with Crippen LogP contribution in [0.25, 0.3) is 0 Å². The Balaban J connectivity index is 1.75. The van der Waals surface area contributed by atoms with Crippen LogP contribution in [0.15, 0.2) is 36.5 Å². The number of carbonyl (C=O) groups excluding carboxylic acids is 2. The van der Waals surface area contributed by atoms with Crippen molar-refractivity contribution in [3.63, 3.8) is 0 Å². The van der Waals surface area contributed by atoms with Crippen LogP contribution in [0.3, 0.4) is 0 Å². The number of hydrogen-bond acceptors (Lipinski definition) is 4. The quantitative estimate of drug-likeness (QED) is 0.873. The molecule has 2 aromatic rings. The van der Waals surface area contributed by atoms with Crippen molar-refractivity contribution in [3.8, 4) is 5.88 Å². The fourth-order valence-electron chi connectivity index (χ4n) is 2.80. The normalized spacial score (nSPS) is 15.9. The van der Waals surface area contributed by atoms with Gasteiger partial charge in [0.1, 0.15) is 5.82 Å². The van der Waals surface area contributed by atoms with E-state index in [4.69, 9.17) is 4.74 Å². The summed E-state index contributed by atoms with van der Waals surface area (Å²) in [5.41, 5.74) is 1.69. The molecule has 7 heteroatoms. The minimum Gasteiger partial charge on any atom is -0.478 e. The molecule has 0 radical (unpaired) electrons. The van der Waals surface area contributed by atoms with Gasteiger partial charge in [-0.2, -0.15) is 0 Å². The first-order valence-corrected chi connectivity index (χ1v) is 8.02. The van der Waals surface area contributed by atoms with Crippen LogP contribution in [0.1, 0.15) is 30.4 Å². The summed E-state index contributed by atoms with van der Waals surface area (Å²) in [5.74, 6) is -1.26. The number of hydrogen-bond donors (Lipinski definition) is 2. The highest BCUT2D eigenvalue weighted by atomic mass is 19.1. The van der Waals surface area contributed by atoms with Crippen LogP contribution < -0.4 is 15.4 Å². The Labute approximate surface area is 144 Å². The number of fused-ring (bicyclic) bond motifs is 1. The maximum absolute atomic E-state index is 13.4. The number of halogens is 1. The van der Waals surface area contributed by atoms with Gasteiger partial charge < -0.3 is 15.4 Å². The SMILES string of the molecule is CCOc1ncccc1CNC(=O)[C@@H]1CC(=O)Nc2cc(F)ccc21. The predicted octanol–water partition coefficient (Wildman–Crippen LogP) is 2.36. The number of pyridine rings is 1. The summed E-state index contributed by atoms with van der Waals surface area (Å²) in [5, 5.41) is 5.41. The minimum absolute atomic E-state index is 0.0236. The van der Waals surface area contributed by atoms with Gasteiger partial charge >= 0.3 is 0 Å². The van der Waals surface area contributed by atoms with Crippen LogP contribution in [0.2, 0.25) is 0 Å². The van der Waals surface area contributed by atoms with Crippen LogP contribution >= 0.6 is 0 Å². The number of rotatable bonds is 5. The number of ether oxygens (including phenoxy) is 1. The second kappa shape index (κ2) is 7.29. The molecule has 2 amide bonds. The molecule has 2 heterocycles. The highest BCUT2D eigenvalue weighted by Gasteiger charge is 2.30. The van der Waals surface area contributed by atoms with Crippen molar-refractivity contribution in [2.45, 2.75) is 25.8 Å². The van der Waals surface area contributed by atoms with Gasteiger partial charge in [0, 0.05) is 30.4 Å². The summed E-state index contributed by atoms with van der Waals surface area (Å²) in [7, 11) is 0. The third-order valence-corrected chi connectivity index (χ3v) is 3.95. The summed E-state index contributed by atoms with van der Waals surface area (Å²) in [4.78, 5) is 28.5. The predicted molar refractivity (Wildman–Crippen MR) is 89.6 cm³/mol. The Hall–Kier alpha value is -2.96. The van der Waals surface area contributed by atoms with E-state index in [1.165, 1.54) is 18.2 Å². The van der Waals surface area contributed by atoms with Crippen molar-refractivity contribution in [1.82, 2.24) is 10.3 Å². The van der Waals surface area contributed by atoms with E-state index in [2.05, 4.69) is 15.6 Å². The summed E-state index contributed by atoms with van der Waals surface area (Å²) in [6, 6.07) is 7.61. The molecule has 1 aromatic carbocycles. The largest absolute Gasteiger partial charge is 0.478 e. The molecule has 0 aliphatic carbocycles. The number of anilines is 1. The van der Waals surface area contributed by atoms with Crippen LogP contribution in [-0.2, 0) is 16.1 Å². The third-order valence-electron chi connectivity index (χ3n) is 3.95. The van der Waals surface area contributed by atoms with Crippen molar-refractivity contribution in [2.24, 2.45) is 0 Å². The Morgan fingerprint density at radius 1 is 1.44 bits per heavy atom. The average Bonchev–Trinajstić information content (AvgIpc) is 2.60. The zero-order valence-electron chi connectivity index (χ0n) is 13.7. The van der Waals surface area contributed by atoms with Crippen molar-refractivity contribution in [1.29, 1.82) is 0 Å². The van der Waals surface area contributed by atoms with E-state index in [1.54, 1.807) is 12.3 Å². The van der Waals surface area contributed by atoms with Gasteiger partial charge in [-0.3, -0.25) is 9.59 Å². The topological polar surface area (TPSA) is 80.3 Å². The molecule has 1 aromatic heterocycles. The van der Waals surface area contributed by atoms with E-state index in [-0.39, 0.29) is 24.8 Å². The van der Waals surface area contributed by atoms with E-state index in [0.717, 1.165) is 5.56 Å². The second-order valence-corrected chi connectivity index (χ2v) is 5.65. The molecule has 3 rings (SSSR count). The molecular formula is C18H18FN3O3. The Bertz CT molecular complexity index is 810. The molecule has 6 nitrogen and oxygen atoms in total. The monoisotopic (exact) mass is 343 g/mol. The van der Waals surface area contributed by atoms with Crippen molar-refractivity contribution in [3.05, 3.63) is 53.5 Å². The number of benzene rings is 1. The molecule has 25 heavy (non-hydrogen) atoms. The molecule has 1 atom stereocenters. The minimum atomic E-state index is -0.656. The molecule has 1 aliphatic rings. The van der Waals surface area contributed by atoms with Gasteiger partial charge in [-0.15, -0.1) is 0 Å². The second-order valence-electron chi connectivity index (χ2n) is 5.65. The first kappa shape index (κ1) is 16.9. The number of nitrogens with one attached hydrogen (secondary N) is 2. The van der Waals surface area contributed by atoms with Gasteiger partial charge in [0.15, 0.2) is 0 Å². The molecular weight excluding hydrogens is 325 g/mol. The maximum Gasteiger partial charge on any atom is 0.228 e. The van der Waals surface area contributed by atoms with Crippen LogP contribution in [0.5, 0.6) is 5.88 Å². The van der Waals surface area contributed by atoms with E-state index < -0.39 is 11.7 Å². The van der Waals surface area contributed by atoms with Gasteiger partial charge in [-0.25, -0.2) is 9.37 Å². The molecule has 0 bridgehead atoms. The van der Waals surface area contributed by atoms with Crippen molar-refractivity contribution in [2.75, 3.05) is 11.9 Å². The first-order valence-electron chi connectivity index (χ1n) is 8.02. The summed E-state index contributed by atoms with van der Waals surface area (Å²) >= 11 is 0. The lowest BCUT2D eigenvalue weighted by Gasteiger charge is -2.25. The molecule has 0 saturated heterocycles. The fourth-order valence-corrected chi connectivity index (χ4v) is 2.80. The Kier molecular flexibility index (Phi) is 4.92. The average molecular weight is 343 g/mol. The molecule has 0 spiro atoms. The summed E-state index contributed by atoms with van der Waals surface area (Å²) < 4.78 is 18.8. The smallest absolute Gasteiger partial charge is 0.228 e. The summed E-state index contributed by atoms with van der Waals surface area (Å²) in [6.07, 6.45) is 1.64. The molecule has 0 fully saturated rings. The Morgan fingerprint density at radius 2 is 2.28 bits per heavy atom.